The Morgan fingerprint density at radius 1 is 0.914 bits per heavy atom. The number of halogens is 1. The van der Waals surface area contributed by atoms with Crippen LogP contribution in [0.3, 0.4) is 0 Å². The first kappa shape index (κ1) is 26.1. The summed E-state index contributed by atoms with van der Waals surface area (Å²) in [4.78, 5) is 25.8. The quantitative estimate of drug-likeness (QED) is 0.439. The number of anilines is 1. The number of amides is 2. The normalized spacial score (nSPS) is 12.6. The lowest BCUT2D eigenvalue weighted by molar-refractivity contribution is -0.118. The van der Waals surface area contributed by atoms with E-state index in [-0.39, 0.29) is 16.9 Å². The topological polar surface area (TPSA) is 104 Å². The number of nitrogens with one attached hydrogen (secondary N) is 3. The molecule has 0 aliphatic carbocycles. The first-order chi connectivity index (χ1) is 16.4. The minimum atomic E-state index is -3.72. The molecule has 9 heteroatoms. The third kappa shape index (κ3) is 7.73. The van der Waals surface area contributed by atoms with E-state index in [9.17, 15) is 22.4 Å². The minimum Gasteiger partial charge on any atom is -0.340 e. The van der Waals surface area contributed by atoms with Gasteiger partial charge in [0.1, 0.15) is 11.9 Å². The number of rotatable bonds is 8. The van der Waals surface area contributed by atoms with Crippen LogP contribution < -0.4 is 15.4 Å². The van der Waals surface area contributed by atoms with E-state index in [0.29, 0.717) is 5.69 Å². The average molecular weight is 498 g/mol. The zero-order valence-electron chi connectivity index (χ0n) is 19.7. The van der Waals surface area contributed by atoms with Gasteiger partial charge in [-0.25, -0.2) is 17.5 Å². The standard InChI is InChI=1S/C26H28FN3O4S/c1-26(2,3)30-35(33,34)22-14-12-21(13-15-22)28-25(32)23(16-18-8-5-4-6-9-18)29-24(31)19-10-7-11-20(27)17-19/h4-15,17,23,30H,16H2,1-3H3,(H,28,32)(H,29,31)/t23-/m0/s1. The molecule has 35 heavy (non-hydrogen) atoms. The highest BCUT2D eigenvalue weighted by molar-refractivity contribution is 7.89. The minimum absolute atomic E-state index is 0.0608. The van der Waals surface area contributed by atoms with Crippen molar-refractivity contribution in [1.82, 2.24) is 10.0 Å². The zero-order chi connectivity index (χ0) is 25.6. The van der Waals surface area contributed by atoms with Crippen molar-refractivity contribution in [1.29, 1.82) is 0 Å². The molecule has 0 unspecified atom stereocenters. The van der Waals surface area contributed by atoms with Crippen molar-refractivity contribution in [3.8, 4) is 0 Å². The van der Waals surface area contributed by atoms with E-state index in [1.54, 1.807) is 20.8 Å². The Kier molecular flexibility index (Phi) is 8.03. The highest BCUT2D eigenvalue weighted by atomic mass is 32.2. The summed E-state index contributed by atoms with van der Waals surface area (Å²) in [7, 11) is -3.72. The molecule has 0 spiro atoms. The molecule has 0 radical (unpaired) electrons. The van der Waals surface area contributed by atoms with Gasteiger partial charge in [-0.2, -0.15) is 0 Å². The molecule has 0 saturated heterocycles. The maximum atomic E-state index is 13.6. The van der Waals surface area contributed by atoms with Crippen molar-refractivity contribution < 1.29 is 22.4 Å². The Bertz CT molecular complexity index is 1290. The molecule has 1 atom stereocenters. The Morgan fingerprint density at radius 3 is 2.17 bits per heavy atom. The van der Waals surface area contributed by atoms with Gasteiger partial charge in [0.15, 0.2) is 0 Å². The van der Waals surface area contributed by atoms with Crippen molar-refractivity contribution in [3.05, 3.63) is 95.8 Å². The van der Waals surface area contributed by atoms with Crippen LogP contribution in [0.2, 0.25) is 0 Å². The first-order valence-corrected chi connectivity index (χ1v) is 12.5. The summed E-state index contributed by atoms with van der Waals surface area (Å²) in [6, 6.07) is 19.1. The lowest BCUT2D eigenvalue weighted by atomic mass is 10.0. The third-order valence-corrected chi connectivity index (χ3v) is 6.64. The molecule has 184 valence electrons. The van der Waals surface area contributed by atoms with Gasteiger partial charge in [-0.05, 0) is 68.8 Å². The molecule has 0 aliphatic rings. The molecule has 0 bridgehead atoms. The third-order valence-electron chi connectivity index (χ3n) is 4.86. The van der Waals surface area contributed by atoms with Crippen LogP contribution in [0.25, 0.3) is 0 Å². The molecule has 0 saturated carbocycles. The predicted molar refractivity (Wildman–Crippen MR) is 133 cm³/mol. The Hall–Kier alpha value is -3.56. The number of hydrogen-bond donors (Lipinski definition) is 3. The Morgan fingerprint density at radius 2 is 1.57 bits per heavy atom. The zero-order valence-corrected chi connectivity index (χ0v) is 20.5. The molecule has 2 amide bonds. The number of carbonyl (C=O) groups excluding carboxylic acids is 2. The van der Waals surface area contributed by atoms with E-state index in [1.165, 1.54) is 42.5 Å². The fraction of sp³-hybridized carbons (Fsp3) is 0.231. The van der Waals surface area contributed by atoms with Crippen molar-refractivity contribution in [2.24, 2.45) is 0 Å². The molecule has 0 heterocycles. The summed E-state index contributed by atoms with van der Waals surface area (Å²) < 4.78 is 41.1. The molecule has 7 nitrogen and oxygen atoms in total. The van der Waals surface area contributed by atoms with Crippen molar-refractivity contribution in [2.45, 2.75) is 43.7 Å². The molecular formula is C26H28FN3O4S. The van der Waals surface area contributed by atoms with Crippen molar-refractivity contribution in [2.75, 3.05) is 5.32 Å². The number of benzene rings is 3. The van der Waals surface area contributed by atoms with Crippen LogP contribution in [-0.4, -0.2) is 31.8 Å². The summed E-state index contributed by atoms with van der Waals surface area (Å²) >= 11 is 0. The van der Waals surface area contributed by atoms with Gasteiger partial charge in [0.25, 0.3) is 5.91 Å². The average Bonchev–Trinajstić information content (AvgIpc) is 2.78. The maximum absolute atomic E-state index is 13.6. The molecule has 0 aliphatic heterocycles. The van der Waals surface area contributed by atoms with Gasteiger partial charge in [-0.1, -0.05) is 36.4 Å². The van der Waals surface area contributed by atoms with Crippen molar-refractivity contribution >= 4 is 27.5 Å². The smallest absolute Gasteiger partial charge is 0.252 e. The molecule has 3 aromatic rings. The highest BCUT2D eigenvalue weighted by Gasteiger charge is 2.24. The van der Waals surface area contributed by atoms with E-state index in [0.717, 1.165) is 11.6 Å². The maximum Gasteiger partial charge on any atom is 0.252 e. The second kappa shape index (κ2) is 10.8. The molecule has 0 fully saturated rings. The largest absolute Gasteiger partial charge is 0.340 e. The summed E-state index contributed by atoms with van der Waals surface area (Å²) in [5.41, 5.74) is 0.637. The van der Waals surface area contributed by atoms with E-state index in [4.69, 9.17) is 0 Å². The van der Waals surface area contributed by atoms with Crippen LogP contribution >= 0.6 is 0 Å². The Balaban J connectivity index is 1.77. The molecule has 3 aromatic carbocycles. The van der Waals surface area contributed by atoms with Gasteiger partial charge in [0, 0.05) is 23.2 Å². The summed E-state index contributed by atoms with van der Waals surface area (Å²) in [5.74, 6) is -1.64. The molecule has 3 N–H and O–H groups in total. The fourth-order valence-electron chi connectivity index (χ4n) is 3.34. The SMILES string of the molecule is CC(C)(C)NS(=O)(=O)c1ccc(NC(=O)[C@H](Cc2ccccc2)NC(=O)c2cccc(F)c2)cc1. The lowest BCUT2D eigenvalue weighted by Crippen LogP contribution is -2.45. The monoisotopic (exact) mass is 497 g/mol. The van der Waals surface area contributed by atoms with E-state index >= 15 is 0 Å². The first-order valence-electron chi connectivity index (χ1n) is 11.0. The van der Waals surface area contributed by atoms with E-state index in [2.05, 4.69) is 15.4 Å². The number of hydrogen-bond acceptors (Lipinski definition) is 4. The van der Waals surface area contributed by atoms with Gasteiger partial charge in [-0.3, -0.25) is 9.59 Å². The van der Waals surface area contributed by atoms with Crippen LogP contribution in [0.15, 0.2) is 83.8 Å². The van der Waals surface area contributed by atoms with Gasteiger partial charge in [0.2, 0.25) is 15.9 Å². The van der Waals surface area contributed by atoms with Gasteiger partial charge in [0.05, 0.1) is 4.90 Å². The predicted octanol–water partition coefficient (Wildman–Crippen LogP) is 3.88. The summed E-state index contributed by atoms with van der Waals surface area (Å²) in [5, 5.41) is 5.38. The van der Waals surface area contributed by atoms with Crippen LogP contribution in [0.4, 0.5) is 10.1 Å². The number of carbonyl (C=O) groups is 2. The summed E-state index contributed by atoms with van der Waals surface area (Å²) in [6.07, 6.45) is 0.204. The second-order valence-corrected chi connectivity index (χ2v) is 10.8. The lowest BCUT2D eigenvalue weighted by Gasteiger charge is -2.21. The highest BCUT2D eigenvalue weighted by Crippen LogP contribution is 2.17. The second-order valence-electron chi connectivity index (χ2n) is 9.10. The number of sulfonamides is 1. The van der Waals surface area contributed by atoms with E-state index in [1.807, 2.05) is 30.3 Å². The Labute approximate surface area is 204 Å². The molecule has 0 aromatic heterocycles. The van der Waals surface area contributed by atoms with Crippen molar-refractivity contribution in [3.63, 3.8) is 0 Å². The van der Waals surface area contributed by atoms with Crippen LogP contribution in [-0.2, 0) is 21.2 Å². The fourth-order valence-corrected chi connectivity index (χ4v) is 4.76. The van der Waals surface area contributed by atoms with Crippen LogP contribution in [0, 0.1) is 5.82 Å². The van der Waals surface area contributed by atoms with Crippen LogP contribution in [0.1, 0.15) is 36.7 Å². The molecular weight excluding hydrogens is 469 g/mol. The van der Waals surface area contributed by atoms with Crippen LogP contribution in [0.5, 0.6) is 0 Å². The van der Waals surface area contributed by atoms with Gasteiger partial charge in [-0.15, -0.1) is 0 Å². The van der Waals surface area contributed by atoms with Gasteiger partial charge < -0.3 is 10.6 Å². The summed E-state index contributed by atoms with van der Waals surface area (Å²) in [6.45, 7) is 5.22. The van der Waals surface area contributed by atoms with E-state index < -0.39 is 39.2 Å². The molecule has 3 rings (SSSR count). The van der Waals surface area contributed by atoms with Gasteiger partial charge >= 0.3 is 0 Å².